The molecule has 5 nitrogen and oxygen atoms in total. The van der Waals surface area contributed by atoms with E-state index in [1.807, 2.05) is 0 Å². The topological polar surface area (TPSA) is 89.8 Å². The number of carboxylic acid groups (broad SMARTS) is 1. The molecule has 0 aromatic carbocycles. The van der Waals surface area contributed by atoms with E-state index in [1.165, 1.54) is 0 Å². The van der Waals surface area contributed by atoms with Crippen molar-refractivity contribution in [3.63, 3.8) is 0 Å². The number of rotatable bonds is 1. The number of nitrogens with one attached hydrogen (secondary N) is 1. The fourth-order valence-corrected chi connectivity index (χ4v) is 1.13. The lowest BCUT2D eigenvalue weighted by Crippen LogP contribution is -2.56. The van der Waals surface area contributed by atoms with Crippen LogP contribution in [0.2, 0.25) is 0 Å². The molecule has 3 unspecified atom stereocenters. The van der Waals surface area contributed by atoms with Crippen molar-refractivity contribution in [1.29, 1.82) is 0 Å². The van der Waals surface area contributed by atoms with Gasteiger partial charge in [0.2, 0.25) is 0 Å². The lowest BCUT2D eigenvalue weighted by molar-refractivity contribution is -0.147. The summed E-state index contributed by atoms with van der Waals surface area (Å²) >= 11 is 0. The molecule has 1 saturated heterocycles. The number of aliphatic hydroxyl groups excluding tert-OH is 2. The fraction of sp³-hybridized carbons (Fsp3) is 0.833. The summed E-state index contributed by atoms with van der Waals surface area (Å²) in [5.41, 5.74) is 0. The van der Waals surface area contributed by atoms with Crippen molar-refractivity contribution >= 4 is 5.97 Å². The molecule has 3 atom stereocenters. The van der Waals surface area contributed by atoms with Crippen LogP contribution in [0, 0.1) is 0 Å². The van der Waals surface area contributed by atoms with Crippen LogP contribution < -0.4 is 5.32 Å². The van der Waals surface area contributed by atoms with Crippen molar-refractivity contribution in [3.8, 4) is 0 Å². The minimum atomic E-state index is -1.19. The van der Waals surface area contributed by atoms with Crippen LogP contribution in [-0.2, 0) is 4.79 Å². The Morgan fingerprint density at radius 2 is 2.09 bits per heavy atom. The molecule has 64 valence electrons. The van der Waals surface area contributed by atoms with E-state index in [0.717, 1.165) is 0 Å². The molecule has 4 N–H and O–H groups in total. The Kier molecular flexibility index (Phi) is 2.43. The van der Waals surface area contributed by atoms with E-state index in [0.29, 0.717) is 13.0 Å². The molecule has 0 bridgehead atoms. The van der Waals surface area contributed by atoms with Crippen LogP contribution in [0.1, 0.15) is 6.42 Å². The maximum absolute atomic E-state index is 10.4. The summed E-state index contributed by atoms with van der Waals surface area (Å²) in [7, 11) is 0. The molecule has 5 heteroatoms. The molecule has 1 fully saturated rings. The molecule has 1 heterocycles. The molecule has 1 aliphatic heterocycles. The molecule has 0 amide bonds. The third-order valence-corrected chi connectivity index (χ3v) is 1.81. The first-order chi connectivity index (χ1) is 5.13. The molecule has 0 aliphatic carbocycles. The average molecular weight is 161 g/mol. The quantitative estimate of drug-likeness (QED) is 0.362. The van der Waals surface area contributed by atoms with Crippen molar-refractivity contribution in [3.05, 3.63) is 0 Å². The zero-order valence-electron chi connectivity index (χ0n) is 5.90. The van der Waals surface area contributed by atoms with Gasteiger partial charge in [-0.05, 0) is 13.0 Å². The van der Waals surface area contributed by atoms with Gasteiger partial charge in [-0.3, -0.25) is 4.79 Å². The minimum Gasteiger partial charge on any atom is -0.480 e. The van der Waals surface area contributed by atoms with E-state index >= 15 is 0 Å². The van der Waals surface area contributed by atoms with Crippen LogP contribution in [0.5, 0.6) is 0 Å². The number of hydrogen-bond donors (Lipinski definition) is 4. The number of piperidine rings is 1. The molecular formula is C6H11NO4. The second-order valence-electron chi connectivity index (χ2n) is 2.62. The predicted octanol–water partition coefficient (Wildman–Crippen LogP) is -1.85. The summed E-state index contributed by atoms with van der Waals surface area (Å²) in [6, 6.07) is -1.03. The molecule has 0 radical (unpaired) electrons. The van der Waals surface area contributed by atoms with Gasteiger partial charge in [0.05, 0.1) is 6.10 Å². The van der Waals surface area contributed by atoms with E-state index in [2.05, 4.69) is 5.32 Å². The van der Waals surface area contributed by atoms with Gasteiger partial charge in [-0.1, -0.05) is 0 Å². The summed E-state index contributed by atoms with van der Waals surface area (Å²) in [5.74, 6) is -1.13. The van der Waals surface area contributed by atoms with Gasteiger partial charge in [0.15, 0.2) is 0 Å². The summed E-state index contributed by atoms with van der Waals surface area (Å²) in [6.45, 7) is 0.426. The third kappa shape index (κ3) is 1.68. The van der Waals surface area contributed by atoms with Gasteiger partial charge in [0, 0.05) is 0 Å². The summed E-state index contributed by atoms with van der Waals surface area (Å²) < 4.78 is 0. The number of aliphatic carboxylic acids is 1. The Balaban J connectivity index is 2.58. The van der Waals surface area contributed by atoms with E-state index < -0.39 is 24.2 Å². The smallest absolute Gasteiger partial charge is 0.323 e. The zero-order chi connectivity index (χ0) is 8.43. The van der Waals surface area contributed by atoms with Crippen molar-refractivity contribution in [1.82, 2.24) is 5.32 Å². The highest BCUT2D eigenvalue weighted by atomic mass is 16.4. The van der Waals surface area contributed by atoms with Crippen LogP contribution in [0.4, 0.5) is 0 Å². The maximum atomic E-state index is 10.4. The van der Waals surface area contributed by atoms with Crippen LogP contribution in [0.25, 0.3) is 0 Å². The number of hydrogen-bond acceptors (Lipinski definition) is 4. The first kappa shape index (κ1) is 8.45. The van der Waals surface area contributed by atoms with Gasteiger partial charge in [0.25, 0.3) is 0 Å². The first-order valence-corrected chi connectivity index (χ1v) is 3.45. The lowest BCUT2D eigenvalue weighted by atomic mass is 9.99. The molecule has 1 aliphatic rings. The molecule has 0 spiro atoms. The van der Waals surface area contributed by atoms with Gasteiger partial charge in [-0.25, -0.2) is 0 Å². The normalized spacial score (nSPS) is 38.5. The van der Waals surface area contributed by atoms with Crippen LogP contribution in [0.3, 0.4) is 0 Å². The van der Waals surface area contributed by atoms with Crippen molar-refractivity contribution < 1.29 is 20.1 Å². The number of carboxylic acids is 1. The second-order valence-corrected chi connectivity index (χ2v) is 2.62. The highest BCUT2D eigenvalue weighted by Gasteiger charge is 2.34. The van der Waals surface area contributed by atoms with Crippen LogP contribution in [-0.4, -0.2) is 46.1 Å². The summed E-state index contributed by atoms with van der Waals surface area (Å²) in [5, 5.41) is 29.2. The van der Waals surface area contributed by atoms with Gasteiger partial charge < -0.3 is 20.6 Å². The standard InChI is InChI=1S/C6H11NO4/c8-3-1-2-7-4(5(3)9)6(10)11/h3-5,7-9H,1-2H2,(H,10,11). The zero-order valence-corrected chi connectivity index (χ0v) is 5.90. The summed E-state index contributed by atoms with van der Waals surface area (Å²) in [4.78, 5) is 10.4. The van der Waals surface area contributed by atoms with Gasteiger partial charge in [-0.2, -0.15) is 0 Å². The Morgan fingerprint density at radius 1 is 1.45 bits per heavy atom. The Morgan fingerprint density at radius 3 is 2.55 bits per heavy atom. The second kappa shape index (κ2) is 3.17. The SMILES string of the molecule is O=C(O)C1NCCC(O)C1O. The molecule has 0 aromatic heterocycles. The van der Waals surface area contributed by atoms with Gasteiger partial charge in [-0.15, -0.1) is 0 Å². The molecule has 0 saturated carbocycles. The van der Waals surface area contributed by atoms with E-state index in [1.54, 1.807) is 0 Å². The largest absolute Gasteiger partial charge is 0.480 e. The minimum absolute atomic E-state index is 0.394. The average Bonchev–Trinajstić information content (AvgIpc) is 1.94. The van der Waals surface area contributed by atoms with Gasteiger partial charge in [0.1, 0.15) is 12.1 Å². The molecule has 1 rings (SSSR count). The van der Waals surface area contributed by atoms with Crippen molar-refractivity contribution in [2.24, 2.45) is 0 Å². The Hall–Kier alpha value is -0.650. The lowest BCUT2D eigenvalue weighted by Gasteiger charge is -2.29. The van der Waals surface area contributed by atoms with E-state index in [-0.39, 0.29) is 0 Å². The Bertz CT molecular complexity index is 161. The molecule has 11 heavy (non-hydrogen) atoms. The van der Waals surface area contributed by atoms with E-state index in [9.17, 15) is 4.79 Å². The van der Waals surface area contributed by atoms with Crippen molar-refractivity contribution in [2.45, 2.75) is 24.7 Å². The maximum Gasteiger partial charge on any atom is 0.323 e. The third-order valence-electron chi connectivity index (χ3n) is 1.81. The molecule has 0 aromatic rings. The predicted molar refractivity (Wildman–Crippen MR) is 36.1 cm³/mol. The Labute approximate surface area is 63.7 Å². The summed E-state index contributed by atoms with van der Waals surface area (Å²) in [6.07, 6.45) is -1.72. The van der Waals surface area contributed by atoms with Crippen molar-refractivity contribution in [2.75, 3.05) is 6.54 Å². The number of aliphatic hydroxyl groups is 2. The van der Waals surface area contributed by atoms with Gasteiger partial charge >= 0.3 is 5.97 Å². The fourth-order valence-electron chi connectivity index (χ4n) is 1.13. The van der Waals surface area contributed by atoms with Crippen LogP contribution in [0.15, 0.2) is 0 Å². The van der Waals surface area contributed by atoms with Crippen LogP contribution >= 0.6 is 0 Å². The first-order valence-electron chi connectivity index (χ1n) is 3.45. The highest BCUT2D eigenvalue weighted by molar-refractivity contribution is 5.74. The monoisotopic (exact) mass is 161 g/mol. The number of carbonyl (C=O) groups is 1. The molecular weight excluding hydrogens is 150 g/mol. The highest BCUT2D eigenvalue weighted by Crippen LogP contribution is 2.09. The van der Waals surface area contributed by atoms with E-state index in [4.69, 9.17) is 15.3 Å².